The second-order valence-electron chi connectivity index (χ2n) is 2.72. The second kappa shape index (κ2) is 2.96. The fraction of sp³-hybridized carbons (Fsp3) is 0. The molecule has 0 aliphatic rings. The summed E-state index contributed by atoms with van der Waals surface area (Å²) in [4.78, 5) is 0. The Hall–Kier alpha value is -1.16. The van der Waals surface area contributed by atoms with Gasteiger partial charge in [0.15, 0.2) is 0 Å². The number of hydrogen-bond donors (Lipinski definition) is 1. The molecule has 0 saturated heterocycles. The maximum Gasteiger partial charge on any atom is 0.230 e. The van der Waals surface area contributed by atoms with Crippen LogP contribution in [0.4, 0.5) is 4.39 Å². The van der Waals surface area contributed by atoms with Crippen molar-refractivity contribution < 1.29 is 14.3 Å². The minimum atomic E-state index is -0.303. The van der Waals surface area contributed by atoms with Crippen molar-refractivity contribution in [1.82, 2.24) is 0 Å². The van der Waals surface area contributed by atoms with Crippen LogP contribution in [0.15, 0.2) is 35.1 Å². The molecule has 0 bridgehead atoms. The summed E-state index contributed by atoms with van der Waals surface area (Å²) >= 11 is 3.07. The van der Waals surface area contributed by atoms with E-state index < -0.39 is 0 Å². The average Bonchev–Trinajstić information content (AvgIpc) is 2.08. The fourth-order valence-corrected chi connectivity index (χ4v) is 1.54. The van der Waals surface area contributed by atoms with Gasteiger partial charge in [-0.15, -0.1) is 0 Å². The van der Waals surface area contributed by atoms with E-state index in [1.165, 1.54) is 18.5 Å². The molecule has 0 amide bonds. The number of rotatable bonds is 0. The molecule has 1 aromatic heterocycles. The zero-order valence-electron chi connectivity index (χ0n) is 6.54. The van der Waals surface area contributed by atoms with E-state index >= 15 is 0 Å². The highest BCUT2D eigenvalue weighted by Crippen LogP contribution is 2.21. The molecule has 1 aromatic carbocycles. The first kappa shape index (κ1) is 8.44. The number of pyridine rings is 1. The van der Waals surface area contributed by atoms with Gasteiger partial charge in [-0.25, -0.2) is 4.39 Å². The summed E-state index contributed by atoms with van der Waals surface area (Å²) in [5, 5.41) is 10.6. The van der Waals surface area contributed by atoms with Crippen molar-refractivity contribution >= 4 is 26.7 Å². The van der Waals surface area contributed by atoms with Crippen LogP contribution in [0.3, 0.4) is 0 Å². The van der Waals surface area contributed by atoms with E-state index in [1.54, 1.807) is 12.1 Å². The summed E-state index contributed by atoms with van der Waals surface area (Å²) in [6.45, 7) is 0. The van der Waals surface area contributed by atoms with Crippen molar-refractivity contribution in [1.29, 1.82) is 0 Å². The minimum absolute atomic E-state index is 0.303. The van der Waals surface area contributed by atoms with E-state index in [1.807, 2.05) is 0 Å². The van der Waals surface area contributed by atoms with Crippen LogP contribution in [-0.4, -0.2) is 5.21 Å². The van der Waals surface area contributed by atoms with Gasteiger partial charge in [-0.1, -0.05) is 0 Å². The van der Waals surface area contributed by atoms with Crippen LogP contribution < -0.4 is 4.73 Å². The van der Waals surface area contributed by atoms with Crippen molar-refractivity contribution in [3.63, 3.8) is 0 Å². The SMILES string of the molecule is O[n+]1ccc2cc(F)c(Br)cc2c1. The molecular formula is C9H6BrFNO+. The van der Waals surface area contributed by atoms with Crippen molar-refractivity contribution in [3.8, 4) is 0 Å². The van der Waals surface area contributed by atoms with Crippen molar-refractivity contribution in [2.75, 3.05) is 0 Å². The molecule has 13 heavy (non-hydrogen) atoms. The maximum absolute atomic E-state index is 13.0. The summed E-state index contributed by atoms with van der Waals surface area (Å²) in [5.74, 6) is -0.303. The summed E-state index contributed by atoms with van der Waals surface area (Å²) < 4.78 is 14.4. The van der Waals surface area contributed by atoms with Crippen LogP contribution in [0, 0.1) is 5.82 Å². The summed E-state index contributed by atoms with van der Waals surface area (Å²) in [6, 6.07) is 4.68. The van der Waals surface area contributed by atoms with Crippen LogP contribution >= 0.6 is 15.9 Å². The van der Waals surface area contributed by atoms with Gasteiger partial charge in [-0.05, 0) is 33.4 Å². The molecule has 0 fully saturated rings. The third-order valence-corrected chi connectivity index (χ3v) is 2.41. The molecule has 0 aliphatic carbocycles. The Morgan fingerprint density at radius 1 is 1.31 bits per heavy atom. The quantitative estimate of drug-likeness (QED) is 0.557. The predicted molar refractivity (Wildman–Crippen MR) is 49.0 cm³/mol. The Bertz CT molecular complexity index is 472. The van der Waals surface area contributed by atoms with Crippen molar-refractivity contribution in [3.05, 3.63) is 40.9 Å². The summed E-state index contributed by atoms with van der Waals surface area (Å²) in [7, 11) is 0. The Morgan fingerprint density at radius 2 is 2.08 bits per heavy atom. The van der Waals surface area contributed by atoms with Crippen LogP contribution in [0.25, 0.3) is 10.8 Å². The molecule has 4 heteroatoms. The number of hydrogen-bond acceptors (Lipinski definition) is 1. The van der Waals surface area contributed by atoms with E-state index in [4.69, 9.17) is 5.21 Å². The highest BCUT2D eigenvalue weighted by molar-refractivity contribution is 9.10. The van der Waals surface area contributed by atoms with Gasteiger partial charge in [-0.3, -0.25) is 5.21 Å². The molecule has 66 valence electrons. The Labute approximate surface area is 82.3 Å². The van der Waals surface area contributed by atoms with Crippen LogP contribution in [0.2, 0.25) is 0 Å². The lowest BCUT2D eigenvalue weighted by Crippen LogP contribution is -2.27. The molecule has 2 aromatic rings. The first-order chi connectivity index (χ1) is 6.16. The molecule has 0 saturated carbocycles. The number of fused-ring (bicyclic) bond motifs is 1. The highest BCUT2D eigenvalue weighted by Gasteiger charge is 2.05. The second-order valence-corrected chi connectivity index (χ2v) is 3.57. The summed E-state index contributed by atoms with van der Waals surface area (Å²) in [6.07, 6.45) is 2.97. The lowest BCUT2D eigenvalue weighted by molar-refractivity contribution is -0.903. The molecule has 2 nitrogen and oxygen atoms in total. The zero-order valence-corrected chi connectivity index (χ0v) is 8.12. The van der Waals surface area contributed by atoms with Gasteiger partial charge < -0.3 is 0 Å². The Kier molecular flexibility index (Phi) is 1.92. The van der Waals surface area contributed by atoms with Crippen molar-refractivity contribution in [2.24, 2.45) is 0 Å². The third-order valence-electron chi connectivity index (χ3n) is 1.80. The normalized spacial score (nSPS) is 10.6. The van der Waals surface area contributed by atoms with E-state index in [0.717, 1.165) is 15.5 Å². The molecule has 1 heterocycles. The monoisotopic (exact) mass is 242 g/mol. The van der Waals surface area contributed by atoms with Gasteiger partial charge in [0, 0.05) is 10.8 Å². The minimum Gasteiger partial charge on any atom is -0.285 e. The predicted octanol–water partition coefficient (Wildman–Crippen LogP) is 2.27. The number of benzene rings is 1. The number of aromatic nitrogens is 1. The Balaban J connectivity index is 2.81. The smallest absolute Gasteiger partial charge is 0.230 e. The maximum atomic E-state index is 13.0. The number of halogens is 2. The molecule has 0 radical (unpaired) electrons. The average molecular weight is 243 g/mol. The molecule has 1 N–H and O–H groups in total. The van der Waals surface area contributed by atoms with Crippen LogP contribution in [0.1, 0.15) is 0 Å². The summed E-state index contributed by atoms with van der Waals surface area (Å²) in [5.41, 5.74) is 0. The molecule has 0 spiro atoms. The highest BCUT2D eigenvalue weighted by atomic mass is 79.9. The zero-order chi connectivity index (χ0) is 9.42. The van der Waals surface area contributed by atoms with E-state index in [-0.39, 0.29) is 5.82 Å². The molecule has 0 unspecified atom stereocenters. The standard InChI is InChI=1S/C9H6BrFNO/c10-8-3-7-5-12(13)2-1-6(7)4-9(8)11/h1-5,13H/q+1. The van der Waals surface area contributed by atoms with E-state index in [9.17, 15) is 4.39 Å². The fourth-order valence-electron chi connectivity index (χ4n) is 1.18. The van der Waals surface area contributed by atoms with E-state index in [0.29, 0.717) is 4.47 Å². The lowest BCUT2D eigenvalue weighted by Gasteiger charge is -1.96. The largest absolute Gasteiger partial charge is 0.285 e. The first-order valence-corrected chi connectivity index (χ1v) is 4.45. The molecule has 0 aliphatic heterocycles. The molecule has 2 rings (SSSR count). The van der Waals surface area contributed by atoms with Gasteiger partial charge in [0.1, 0.15) is 5.82 Å². The van der Waals surface area contributed by atoms with Crippen molar-refractivity contribution in [2.45, 2.75) is 0 Å². The topological polar surface area (TPSA) is 24.1 Å². The van der Waals surface area contributed by atoms with Gasteiger partial charge in [-0.2, -0.15) is 0 Å². The van der Waals surface area contributed by atoms with Gasteiger partial charge in [0.2, 0.25) is 12.4 Å². The number of nitrogens with zero attached hydrogens (tertiary/aromatic N) is 1. The molecular weight excluding hydrogens is 237 g/mol. The van der Waals surface area contributed by atoms with Gasteiger partial charge >= 0.3 is 0 Å². The van der Waals surface area contributed by atoms with E-state index in [2.05, 4.69) is 15.9 Å². The third kappa shape index (κ3) is 1.49. The Morgan fingerprint density at radius 3 is 2.85 bits per heavy atom. The molecule has 0 atom stereocenters. The van der Waals surface area contributed by atoms with Gasteiger partial charge in [0.25, 0.3) is 0 Å². The van der Waals surface area contributed by atoms with Crippen LogP contribution in [0.5, 0.6) is 0 Å². The first-order valence-electron chi connectivity index (χ1n) is 3.66. The van der Waals surface area contributed by atoms with Gasteiger partial charge in [0.05, 0.1) is 9.86 Å². The lowest BCUT2D eigenvalue weighted by atomic mass is 10.2. The van der Waals surface area contributed by atoms with Crippen LogP contribution in [-0.2, 0) is 0 Å².